The van der Waals surface area contributed by atoms with Crippen LogP contribution in [0.15, 0.2) is 109 Å². The molecule has 0 fully saturated rings. The van der Waals surface area contributed by atoms with Crippen LogP contribution in [0.1, 0.15) is 188 Å². The van der Waals surface area contributed by atoms with Crippen LogP contribution in [0.25, 0.3) is 0 Å². The highest BCUT2D eigenvalue weighted by Crippen LogP contribution is 2.12. The molecule has 0 aromatic rings. The fourth-order valence-corrected chi connectivity index (χ4v) is 5.85. The molecule has 0 spiro atoms. The van der Waals surface area contributed by atoms with Crippen LogP contribution in [0.4, 0.5) is 0 Å². The molecule has 59 heavy (non-hydrogen) atoms. The molecule has 0 N–H and O–H groups in total. The Kier molecular flexibility index (Phi) is 43.6. The van der Waals surface area contributed by atoms with Crippen LogP contribution < -0.4 is 0 Å². The summed E-state index contributed by atoms with van der Waals surface area (Å²) in [4.78, 5) is 37.8. The second kappa shape index (κ2) is 46.8. The first-order valence-corrected chi connectivity index (χ1v) is 23.5. The minimum absolute atomic E-state index is 0.115. The summed E-state index contributed by atoms with van der Waals surface area (Å²) in [5.74, 6) is -1.01. The monoisotopic (exact) mass is 817 g/mol. The van der Waals surface area contributed by atoms with Crippen LogP contribution in [0, 0.1) is 0 Å². The summed E-state index contributed by atoms with van der Waals surface area (Å²) in [6, 6.07) is 0. The molecule has 0 aromatic carbocycles. The molecule has 332 valence electrons. The second-order valence-corrected chi connectivity index (χ2v) is 15.1. The molecular weight excluding hydrogens is 733 g/mol. The summed E-state index contributed by atoms with van der Waals surface area (Å²) < 4.78 is 16.6. The number of esters is 3. The van der Waals surface area contributed by atoms with Gasteiger partial charge in [0, 0.05) is 19.3 Å². The van der Waals surface area contributed by atoms with Gasteiger partial charge in [-0.25, -0.2) is 0 Å². The maximum atomic E-state index is 12.7. The fourth-order valence-electron chi connectivity index (χ4n) is 5.85. The Morgan fingerprint density at radius 2 is 0.695 bits per heavy atom. The molecule has 0 aromatic heterocycles. The van der Waals surface area contributed by atoms with E-state index in [-0.39, 0.29) is 37.5 Å². The first-order valence-electron chi connectivity index (χ1n) is 23.5. The van der Waals surface area contributed by atoms with Crippen molar-refractivity contribution < 1.29 is 28.6 Å². The van der Waals surface area contributed by atoms with Gasteiger partial charge in [-0.1, -0.05) is 194 Å². The van der Waals surface area contributed by atoms with Crippen LogP contribution in [-0.2, 0) is 28.6 Å². The molecule has 0 heterocycles. The number of hydrogen-bond donors (Lipinski definition) is 0. The van der Waals surface area contributed by atoms with E-state index in [4.69, 9.17) is 14.2 Å². The van der Waals surface area contributed by atoms with Gasteiger partial charge in [0.05, 0.1) is 0 Å². The Morgan fingerprint density at radius 1 is 0.356 bits per heavy atom. The van der Waals surface area contributed by atoms with E-state index in [0.29, 0.717) is 12.8 Å². The first-order chi connectivity index (χ1) is 29.0. The lowest BCUT2D eigenvalue weighted by atomic mass is 10.1. The summed E-state index contributed by atoms with van der Waals surface area (Å²) in [5.41, 5.74) is 0. The van der Waals surface area contributed by atoms with Gasteiger partial charge in [-0.3, -0.25) is 14.4 Å². The summed E-state index contributed by atoms with van der Waals surface area (Å²) >= 11 is 0. The second-order valence-electron chi connectivity index (χ2n) is 15.1. The number of rotatable bonds is 40. The summed E-state index contributed by atoms with van der Waals surface area (Å²) in [6.07, 6.45) is 62.1. The molecule has 6 nitrogen and oxygen atoms in total. The van der Waals surface area contributed by atoms with E-state index < -0.39 is 6.10 Å². The van der Waals surface area contributed by atoms with Crippen molar-refractivity contribution in [3.05, 3.63) is 109 Å². The highest BCUT2D eigenvalue weighted by atomic mass is 16.6. The van der Waals surface area contributed by atoms with Gasteiger partial charge in [0.2, 0.25) is 0 Å². The number of unbranched alkanes of at least 4 members (excludes halogenated alkanes) is 17. The Bertz CT molecular complexity index is 1260. The smallest absolute Gasteiger partial charge is 0.306 e. The maximum absolute atomic E-state index is 12.7. The Hall–Kier alpha value is -3.93. The Labute approximate surface area is 361 Å². The molecule has 6 heteroatoms. The molecule has 0 rings (SSSR count). The lowest BCUT2D eigenvalue weighted by Gasteiger charge is -2.18. The van der Waals surface area contributed by atoms with Gasteiger partial charge < -0.3 is 14.2 Å². The van der Waals surface area contributed by atoms with Crippen molar-refractivity contribution in [1.82, 2.24) is 0 Å². The average Bonchev–Trinajstić information content (AvgIpc) is 3.23. The van der Waals surface area contributed by atoms with E-state index in [9.17, 15) is 14.4 Å². The lowest BCUT2D eigenvalue weighted by Crippen LogP contribution is -2.30. The average molecular weight is 817 g/mol. The molecule has 0 aliphatic heterocycles. The van der Waals surface area contributed by atoms with Gasteiger partial charge in [0.25, 0.3) is 0 Å². The number of carbonyl (C=O) groups is 3. The van der Waals surface area contributed by atoms with Crippen molar-refractivity contribution in [3.8, 4) is 0 Å². The summed E-state index contributed by atoms with van der Waals surface area (Å²) in [5, 5.41) is 0. The van der Waals surface area contributed by atoms with Crippen molar-refractivity contribution in [2.24, 2.45) is 0 Å². The zero-order valence-electron chi connectivity index (χ0n) is 37.7. The summed E-state index contributed by atoms with van der Waals surface area (Å²) in [7, 11) is 0. The fraction of sp³-hybridized carbons (Fsp3) is 0.604. The lowest BCUT2D eigenvalue weighted by molar-refractivity contribution is -0.167. The third-order valence-electron chi connectivity index (χ3n) is 9.42. The molecule has 0 amide bonds. The minimum atomic E-state index is -0.815. The van der Waals surface area contributed by atoms with Gasteiger partial charge >= 0.3 is 17.9 Å². The van der Waals surface area contributed by atoms with Gasteiger partial charge in [-0.05, 0) is 83.5 Å². The predicted molar refractivity (Wildman–Crippen MR) is 251 cm³/mol. The molecule has 1 unspecified atom stereocenters. The van der Waals surface area contributed by atoms with Gasteiger partial charge in [0.15, 0.2) is 6.10 Å². The van der Waals surface area contributed by atoms with Crippen LogP contribution in [0.2, 0.25) is 0 Å². The molecule has 1 atom stereocenters. The molecule has 0 aliphatic rings. The third-order valence-corrected chi connectivity index (χ3v) is 9.42. The van der Waals surface area contributed by atoms with Gasteiger partial charge in [-0.15, -0.1) is 0 Å². The zero-order chi connectivity index (χ0) is 43.0. The molecule has 0 aliphatic carbocycles. The van der Waals surface area contributed by atoms with Crippen molar-refractivity contribution in [2.75, 3.05) is 13.2 Å². The van der Waals surface area contributed by atoms with E-state index in [2.05, 4.69) is 69.4 Å². The first kappa shape index (κ1) is 55.1. The van der Waals surface area contributed by atoms with Crippen molar-refractivity contribution in [1.29, 1.82) is 0 Å². The van der Waals surface area contributed by atoms with Crippen molar-refractivity contribution >= 4 is 17.9 Å². The van der Waals surface area contributed by atoms with Crippen LogP contribution in [0.3, 0.4) is 0 Å². The molecule has 0 saturated heterocycles. The SMILES string of the molecule is CC\C=C/C=C\C=C/C=C\C=C\C=C/CCCCCC(=O)OCC(COC(=O)CCCCC/C=C\C=C/CCCC)OC(=O)CCCCC/C=C\CCCCCCCC. The highest BCUT2D eigenvalue weighted by molar-refractivity contribution is 5.71. The molecular formula is C53H84O6. The quantitative estimate of drug-likeness (QED) is 0.0201. The standard InChI is InChI=1S/C53H84O6/c1-4-7-10-13-16-19-22-24-25-26-27-29-31-34-37-40-43-46-52(55)58-49-50(48-57-51(54)45-42-39-36-33-30-21-18-15-12-9-6-3)59-53(56)47-44-41-38-35-32-28-23-20-17-14-11-8-5-2/h7,10,13,15-16,18-19,21-22,24-32,50H,4-6,8-9,11-12,14,17,20,23,33-49H2,1-3H3/b10-7-,16-13-,18-15-,22-19-,25-24-,27-26+,30-21-,31-29-,32-28-. The third kappa shape index (κ3) is 45.0. The van der Waals surface area contributed by atoms with Gasteiger partial charge in [-0.2, -0.15) is 0 Å². The number of allylic oxidation sites excluding steroid dienone is 18. The van der Waals surface area contributed by atoms with Crippen molar-refractivity contribution in [3.63, 3.8) is 0 Å². The van der Waals surface area contributed by atoms with Crippen molar-refractivity contribution in [2.45, 2.75) is 194 Å². The van der Waals surface area contributed by atoms with E-state index in [1.54, 1.807) is 0 Å². The number of ether oxygens (including phenoxy) is 3. The highest BCUT2D eigenvalue weighted by Gasteiger charge is 2.19. The van der Waals surface area contributed by atoms with Gasteiger partial charge in [0.1, 0.15) is 13.2 Å². The molecule has 0 saturated carbocycles. The Balaban J connectivity index is 4.55. The van der Waals surface area contributed by atoms with E-state index >= 15 is 0 Å². The van der Waals surface area contributed by atoms with E-state index in [0.717, 1.165) is 96.3 Å². The molecule has 0 radical (unpaired) electrons. The predicted octanol–water partition coefficient (Wildman–Crippen LogP) is 15.2. The van der Waals surface area contributed by atoms with Crippen LogP contribution in [0.5, 0.6) is 0 Å². The number of carbonyl (C=O) groups excluding carboxylic acids is 3. The Morgan fingerprint density at radius 3 is 1.15 bits per heavy atom. The van der Waals surface area contributed by atoms with E-state index in [1.807, 2.05) is 60.8 Å². The maximum Gasteiger partial charge on any atom is 0.306 e. The van der Waals surface area contributed by atoms with Crippen LogP contribution in [-0.4, -0.2) is 37.2 Å². The van der Waals surface area contributed by atoms with Crippen LogP contribution >= 0.6 is 0 Å². The molecule has 0 bridgehead atoms. The normalized spacial score (nSPS) is 13.1. The largest absolute Gasteiger partial charge is 0.462 e. The summed E-state index contributed by atoms with van der Waals surface area (Å²) in [6.45, 7) is 6.32. The zero-order valence-corrected chi connectivity index (χ0v) is 37.7. The topological polar surface area (TPSA) is 78.9 Å². The number of hydrogen-bond acceptors (Lipinski definition) is 6. The minimum Gasteiger partial charge on any atom is -0.462 e. The van der Waals surface area contributed by atoms with E-state index in [1.165, 1.54) is 51.4 Å².